The highest BCUT2D eigenvalue weighted by Gasteiger charge is 2.10. The topological polar surface area (TPSA) is 27.1 Å². The van der Waals surface area contributed by atoms with Crippen LogP contribution in [-0.4, -0.2) is 16.0 Å². The molecule has 0 atom stereocenters. The van der Waals surface area contributed by atoms with Crippen LogP contribution in [0, 0.1) is 0 Å². The minimum absolute atomic E-state index is 0.160. The van der Waals surface area contributed by atoms with Gasteiger partial charge in [-0.3, -0.25) is 4.57 Å². The summed E-state index contributed by atoms with van der Waals surface area (Å²) >= 11 is 3.30. The number of ether oxygens (including phenoxy) is 1. The van der Waals surface area contributed by atoms with Crippen LogP contribution in [0.25, 0.3) is 0 Å². The number of hydrogen-bond donors (Lipinski definition) is 0. The molecule has 17 heavy (non-hydrogen) atoms. The van der Waals surface area contributed by atoms with Crippen molar-refractivity contribution < 1.29 is 13.5 Å². The van der Waals surface area contributed by atoms with Gasteiger partial charge in [0.15, 0.2) is 0 Å². The van der Waals surface area contributed by atoms with Gasteiger partial charge in [-0.25, -0.2) is 13.8 Å². The van der Waals surface area contributed by atoms with E-state index in [9.17, 15) is 8.78 Å². The number of alkyl halides is 2. The van der Waals surface area contributed by atoms with E-state index in [0.717, 1.165) is 4.47 Å². The van der Waals surface area contributed by atoms with Crippen LogP contribution in [0.3, 0.4) is 0 Å². The van der Waals surface area contributed by atoms with Crippen LogP contribution < -0.4 is 4.74 Å². The molecular formula is C11H9BrF2N2O. The van der Waals surface area contributed by atoms with Gasteiger partial charge in [0.2, 0.25) is 0 Å². The van der Waals surface area contributed by atoms with Crippen LogP contribution >= 0.6 is 15.9 Å². The second-order valence-electron chi connectivity index (χ2n) is 3.31. The molecule has 90 valence electrons. The molecule has 0 bridgehead atoms. The first-order valence-corrected chi connectivity index (χ1v) is 5.67. The van der Waals surface area contributed by atoms with Crippen molar-refractivity contribution in [1.29, 1.82) is 0 Å². The van der Waals surface area contributed by atoms with Crippen molar-refractivity contribution in [2.24, 2.45) is 0 Å². The fourth-order valence-corrected chi connectivity index (χ4v) is 1.56. The molecule has 3 nitrogen and oxygen atoms in total. The van der Waals surface area contributed by atoms with Gasteiger partial charge in [0, 0.05) is 16.9 Å². The van der Waals surface area contributed by atoms with Crippen molar-refractivity contribution in [2.45, 2.75) is 13.0 Å². The van der Waals surface area contributed by atoms with Crippen molar-refractivity contribution in [3.8, 4) is 11.8 Å². The summed E-state index contributed by atoms with van der Waals surface area (Å²) in [5.41, 5.74) is 0. The van der Waals surface area contributed by atoms with Gasteiger partial charge >= 0.3 is 6.01 Å². The van der Waals surface area contributed by atoms with Crippen molar-refractivity contribution in [1.82, 2.24) is 9.55 Å². The Bertz CT molecular complexity index is 484. The van der Waals surface area contributed by atoms with Crippen molar-refractivity contribution in [3.63, 3.8) is 0 Å². The molecule has 0 unspecified atom stereocenters. The number of hydrogen-bond acceptors (Lipinski definition) is 2. The Balaban J connectivity index is 2.13. The first-order chi connectivity index (χ1) is 8.15. The lowest BCUT2D eigenvalue weighted by molar-refractivity contribution is 0.123. The normalized spacial score (nSPS) is 10.8. The molecule has 0 saturated carbocycles. The van der Waals surface area contributed by atoms with E-state index in [4.69, 9.17) is 4.74 Å². The minimum Gasteiger partial charge on any atom is -0.426 e. The second-order valence-corrected chi connectivity index (χ2v) is 4.22. The zero-order chi connectivity index (χ0) is 12.3. The van der Waals surface area contributed by atoms with E-state index in [-0.39, 0.29) is 6.01 Å². The van der Waals surface area contributed by atoms with E-state index in [1.54, 1.807) is 24.3 Å². The first kappa shape index (κ1) is 12.0. The Morgan fingerprint density at radius 1 is 1.29 bits per heavy atom. The van der Waals surface area contributed by atoms with E-state index in [2.05, 4.69) is 20.9 Å². The smallest absolute Gasteiger partial charge is 0.301 e. The summed E-state index contributed by atoms with van der Waals surface area (Å²) in [5.74, 6) is 0.551. The number of halogens is 3. The molecule has 0 aliphatic rings. The SMILES string of the molecule is FC(F)Cn1ccnc1Oc1ccc(Br)cc1. The van der Waals surface area contributed by atoms with Crippen molar-refractivity contribution in [3.05, 3.63) is 41.1 Å². The standard InChI is InChI=1S/C11H9BrF2N2O/c12-8-1-3-9(4-2-8)17-11-15-5-6-16(11)7-10(13)14/h1-6,10H,7H2. The predicted octanol–water partition coefficient (Wildman–Crippen LogP) is 3.70. The molecule has 1 heterocycles. The fraction of sp³-hybridized carbons (Fsp3) is 0.182. The molecule has 1 aromatic carbocycles. The van der Waals surface area contributed by atoms with Crippen LogP contribution in [0.4, 0.5) is 8.78 Å². The molecule has 2 aromatic rings. The van der Waals surface area contributed by atoms with Crippen LogP contribution in [0.2, 0.25) is 0 Å². The second kappa shape index (κ2) is 5.27. The zero-order valence-corrected chi connectivity index (χ0v) is 10.3. The van der Waals surface area contributed by atoms with Crippen molar-refractivity contribution >= 4 is 15.9 Å². The largest absolute Gasteiger partial charge is 0.426 e. The van der Waals surface area contributed by atoms with Gasteiger partial charge in [0.1, 0.15) is 5.75 Å². The Labute approximate surface area is 105 Å². The summed E-state index contributed by atoms with van der Waals surface area (Å²) in [7, 11) is 0. The average molecular weight is 303 g/mol. The third kappa shape index (κ3) is 3.26. The third-order valence-electron chi connectivity index (χ3n) is 2.03. The maximum atomic E-state index is 12.3. The summed E-state index contributed by atoms with van der Waals surface area (Å²) in [6.07, 6.45) is 0.452. The quantitative estimate of drug-likeness (QED) is 0.861. The van der Waals surface area contributed by atoms with Gasteiger partial charge in [-0.2, -0.15) is 0 Å². The molecule has 2 rings (SSSR count). The molecule has 0 N–H and O–H groups in total. The molecule has 0 saturated heterocycles. The molecule has 0 fully saturated rings. The van der Waals surface area contributed by atoms with Gasteiger partial charge in [-0.15, -0.1) is 0 Å². The molecule has 0 spiro atoms. The lowest BCUT2D eigenvalue weighted by atomic mass is 10.3. The molecule has 0 amide bonds. The van der Waals surface area contributed by atoms with Crippen LogP contribution in [-0.2, 0) is 6.54 Å². The maximum absolute atomic E-state index is 12.3. The number of rotatable bonds is 4. The summed E-state index contributed by atoms with van der Waals surface area (Å²) < 4.78 is 32.1. The van der Waals surface area contributed by atoms with Gasteiger partial charge in [-0.05, 0) is 24.3 Å². The fourth-order valence-electron chi connectivity index (χ4n) is 1.30. The summed E-state index contributed by atoms with van der Waals surface area (Å²) in [6, 6.07) is 7.22. The Morgan fingerprint density at radius 3 is 2.65 bits per heavy atom. The van der Waals surface area contributed by atoms with Crippen LogP contribution in [0.5, 0.6) is 11.8 Å². The van der Waals surface area contributed by atoms with E-state index in [1.165, 1.54) is 17.0 Å². The van der Waals surface area contributed by atoms with E-state index in [0.29, 0.717) is 5.75 Å². The third-order valence-corrected chi connectivity index (χ3v) is 2.56. The Kier molecular flexibility index (Phi) is 3.73. The van der Waals surface area contributed by atoms with E-state index >= 15 is 0 Å². The highest BCUT2D eigenvalue weighted by atomic mass is 79.9. The lowest BCUT2D eigenvalue weighted by Gasteiger charge is -2.08. The highest BCUT2D eigenvalue weighted by Crippen LogP contribution is 2.22. The number of benzene rings is 1. The number of imidazole rings is 1. The highest BCUT2D eigenvalue weighted by molar-refractivity contribution is 9.10. The molecule has 0 radical (unpaired) electrons. The Morgan fingerprint density at radius 2 is 2.00 bits per heavy atom. The summed E-state index contributed by atoms with van der Waals surface area (Å²) in [5, 5.41) is 0. The molecule has 0 aliphatic heterocycles. The van der Waals surface area contributed by atoms with E-state index in [1.807, 2.05) is 0 Å². The van der Waals surface area contributed by atoms with Crippen LogP contribution in [0.15, 0.2) is 41.1 Å². The number of aromatic nitrogens is 2. The first-order valence-electron chi connectivity index (χ1n) is 4.88. The molecule has 0 aliphatic carbocycles. The van der Waals surface area contributed by atoms with Gasteiger partial charge < -0.3 is 4.74 Å². The van der Waals surface area contributed by atoms with Gasteiger partial charge in [-0.1, -0.05) is 15.9 Å². The summed E-state index contributed by atoms with van der Waals surface area (Å²) in [6.45, 7) is -0.425. The van der Waals surface area contributed by atoms with Gasteiger partial charge in [0.25, 0.3) is 6.43 Å². The van der Waals surface area contributed by atoms with Gasteiger partial charge in [0.05, 0.1) is 6.54 Å². The molecule has 6 heteroatoms. The average Bonchev–Trinajstić information content (AvgIpc) is 2.68. The summed E-state index contributed by atoms with van der Waals surface area (Å²) in [4.78, 5) is 3.88. The molecular weight excluding hydrogens is 294 g/mol. The van der Waals surface area contributed by atoms with Crippen molar-refractivity contribution in [2.75, 3.05) is 0 Å². The monoisotopic (exact) mass is 302 g/mol. The number of nitrogens with zero attached hydrogens (tertiary/aromatic N) is 2. The maximum Gasteiger partial charge on any atom is 0.301 e. The van der Waals surface area contributed by atoms with E-state index < -0.39 is 13.0 Å². The minimum atomic E-state index is -2.43. The van der Waals surface area contributed by atoms with Crippen LogP contribution in [0.1, 0.15) is 0 Å². The zero-order valence-electron chi connectivity index (χ0n) is 8.69. The lowest BCUT2D eigenvalue weighted by Crippen LogP contribution is -2.06. The molecule has 1 aromatic heterocycles. The predicted molar refractivity (Wildman–Crippen MR) is 62.4 cm³/mol. The Hall–Kier alpha value is -1.43.